The summed E-state index contributed by atoms with van der Waals surface area (Å²) in [5.74, 6) is -0.490. The molecular weight excluding hydrogens is 290 g/mol. The van der Waals surface area contributed by atoms with Gasteiger partial charge in [-0.2, -0.15) is 0 Å². The highest BCUT2D eigenvalue weighted by molar-refractivity contribution is 5.78. The first-order valence-electron chi connectivity index (χ1n) is 8.09. The third-order valence-corrected chi connectivity index (χ3v) is 3.90. The molecule has 3 N–H and O–H groups in total. The number of rotatable bonds is 3. The highest BCUT2D eigenvalue weighted by atomic mass is 16.6. The number of esters is 1. The van der Waals surface area contributed by atoms with E-state index in [-0.39, 0.29) is 16.8 Å². The number of nitrogens with two attached hydrogens (primary N) is 1. The Labute approximate surface area is 140 Å². The Bertz CT molecular complexity index is 542. The van der Waals surface area contributed by atoms with E-state index in [1.54, 1.807) is 13.8 Å². The maximum atomic E-state index is 12.2. The van der Waals surface area contributed by atoms with Crippen molar-refractivity contribution in [1.29, 1.82) is 0 Å². The second-order valence-electron chi connectivity index (χ2n) is 8.33. The molecule has 0 heterocycles. The monoisotopic (exact) mass is 321 g/mol. The van der Waals surface area contributed by atoms with Crippen molar-refractivity contribution in [3.8, 4) is 5.75 Å². The summed E-state index contributed by atoms with van der Waals surface area (Å²) in [6, 6.07) is 3.80. The molecule has 0 amide bonds. The molecule has 0 spiro atoms. The third kappa shape index (κ3) is 4.71. The van der Waals surface area contributed by atoms with Gasteiger partial charge in [0.1, 0.15) is 12.0 Å². The van der Waals surface area contributed by atoms with E-state index < -0.39 is 12.1 Å². The minimum Gasteiger partial charge on any atom is -0.507 e. The fourth-order valence-corrected chi connectivity index (χ4v) is 2.47. The summed E-state index contributed by atoms with van der Waals surface area (Å²) in [4.78, 5) is 12.2. The van der Waals surface area contributed by atoms with Gasteiger partial charge < -0.3 is 9.84 Å². The Hall–Kier alpha value is -1.55. The van der Waals surface area contributed by atoms with Crippen LogP contribution in [-0.2, 0) is 20.4 Å². The Kier molecular flexibility index (Phi) is 5.53. The number of aromatic hydroxyl groups is 1. The molecule has 0 saturated heterocycles. The van der Waals surface area contributed by atoms with Crippen LogP contribution in [-0.4, -0.2) is 17.3 Å². The van der Waals surface area contributed by atoms with Gasteiger partial charge in [-0.1, -0.05) is 53.7 Å². The van der Waals surface area contributed by atoms with Gasteiger partial charge in [-0.15, -0.1) is 0 Å². The second kappa shape index (κ2) is 6.52. The van der Waals surface area contributed by atoms with Crippen LogP contribution in [0.5, 0.6) is 5.75 Å². The number of phenolic OH excluding ortho intramolecular Hbond substituents is 1. The molecular formula is C19H31NO3. The van der Waals surface area contributed by atoms with Gasteiger partial charge in [0, 0.05) is 0 Å². The number of carbonyl (C=O) groups excluding carboxylic acids is 1. The first-order chi connectivity index (χ1) is 10.2. The Morgan fingerprint density at radius 2 is 1.43 bits per heavy atom. The summed E-state index contributed by atoms with van der Waals surface area (Å²) in [6.07, 6.45) is -0.633. The maximum absolute atomic E-state index is 12.2. The average Bonchev–Trinajstić information content (AvgIpc) is 2.34. The molecule has 130 valence electrons. The number of hydrogen-bond acceptors (Lipinski definition) is 4. The number of phenols is 1. The first-order valence-corrected chi connectivity index (χ1v) is 8.09. The summed E-state index contributed by atoms with van der Waals surface area (Å²) in [5.41, 5.74) is 7.59. The summed E-state index contributed by atoms with van der Waals surface area (Å²) in [6.45, 7) is 15.7. The molecule has 0 aliphatic carbocycles. The van der Waals surface area contributed by atoms with Crippen LogP contribution < -0.4 is 5.73 Å². The topological polar surface area (TPSA) is 72.5 Å². The first kappa shape index (κ1) is 19.5. The molecule has 0 saturated carbocycles. The molecule has 1 aromatic rings. The summed E-state index contributed by atoms with van der Waals surface area (Å²) in [7, 11) is 0. The van der Waals surface area contributed by atoms with E-state index in [4.69, 9.17) is 10.5 Å². The molecule has 0 aromatic heterocycles. The Balaban J connectivity index is 3.47. The lowest BCUT2D eigenvalue weighted by Crippen LogP contribution is -2.26. The molecule has 0 radical (unpaired) electrons. The largest absolute Gasteiger partial charge is 0.507 e. The van der Waals surface area contributed by atoms with E-state index in [2.05, 4.69) is 0 Å². The Morgan fingerprint density at radius 1 is 1.04 bits per heavy atom. The van der Waals surface area contributed by atoms with Crippen molar-refractivity contribution in [3.63, 3.8) is 0 Å². The van der Waals surface area contributed by atoms with Crippen LogP contribution in [0, 0.1) is 0 Å². The van der Waals surface area contributed by atoms with Gasteiger partial charge in [-0.05, 0) is 41.4 Å². The molecule has 0 aliphatic rings. The normalized spacial score (nSPS) is 15.2. The van der Waals surface area contributed by atoms with Crippen LogP contribution in [0.25, 0.3) is 0 Å². The van der Waals surface area contributed by atoms with Gasteiger partial charge in [0.05, 0.1) is 5.92 Å². The minimum atomic E-state index is -0.633. The van der Waals surface area contributed by atoms with Gasteiger partial charge in [-0.25, -0.2) is 0 Å². The average molecular weight is 321 g/mol. The van der Waals surface area contributed by atoms with Gasteiger partial charge in [0.15, 0.2) is 0 Å². The van der Waals surface area contributed by atoms with Crippen molar-refractivity contribution in [2.75, 3.05) is 0 Å². The number of carbonyl (C=O) groups is 1. The van der Waals surface area contributed by atoms with E-state index in [1.165, 1.54) is 0 Å². The predicted molar refractivity (Wildman–Crippen MR) is 93.7 cm³/mol. The van der Waals surface area contributed by atoms with Gasteiger partial charge >= 0.3 is 5.97 Å². The molecule has 4 nitrogen and oxygen atoms in total. The molecule has 0 fully saturated rings. The quantitative estimate of drug-likeness (QED) is 0.653. The summed E-state index contributed by atoms with van der Waals surface area (Å²) in [5, 5.41) is 10.7. The number of hydrogen-bond donors (Lipinski definition) is 2. The molecule has 2 atom stereocenters. The molecule has 0 bridgehead atoms. The zero-order chi connectivity index (χ0) is 18.2. The highest BCUT2D eigenvalue weighted by Gasteiger charge is 2.29. The van der Waals surface area contributed by atoms with Crippen molar-refractivity contribution in [2.24, 2.45) is 5.73 Å². The zero-order valence-corrected chi connectivity index (χ0v) is 15.7. The molecule has 1 aromatic carbocycles. The van der Waals surface area contributed by atoms with Crippen LogP contribution >= 0.6 is 0 Å². The number of ether oxygens (including phenoxy) is 1. The van der Waals surface area contributed by atoms with Crippen molar-refractivity contribution in [1.82, 2.24) is 0 Å². The second-order valence-corrected chi connectivity index (χ2v) is 8.33. The summed E-state index contributed by atoms with van der Waals surface area (Å²) >= 11 is 0. The van der Waals surface area contributed by atoms with Crippen LogP contribution in [0.2, 0.25) is 0 Å². The van der Waals surface area contributed by atoms with Crippen LogP contribution in [0.15, 0.2) is 12.1 Å². The highest BCUT2D eigenvalue weighted by Crippen LogP contribution is 2.41. The molecule has 2 unspecified atom stereocenters. The molecule has 1 rings (SSSR count). The standard InChI is InChI=1S/C19H31NO3/c1-11(17(22)23-12(2)20)13-9-14(18(3,4)5)16(21)15(10-13)19(6,7)8/h9-12,21H,20H2,1-8H3. The van der Waals surface area contributed by atoms with E-state index in [0.717, 1.165) is 16.7 Å². The van der Waals surface area contributed by atoms with Gasteiger partial charge in [0.25, 0.3) is 0 Å². The SMILES string of the molecule is CC(N)OC(=O)C(C)c1cc(C(C)(C)C)c(O)c(C(C)(C)C)c1. The van der Waals surface area contributed by atoms with E-state index in [9.17, 15) is 9.90 Å². The smallest absolute Gasteiger partial charge is 0.314 e. The van der Waals surface area contributed by atoms with Gasteiger partial charge in [0.2, 0.25) is 0 Å². The van der Waals surface area contributed by atoms with Crippen molar-refractivity contribution in [2.45, 2.75) is 78.4 Å². The van der Waals surface area contributed by atoms with Crippen molar-refractivity contribution < 1.29 is 14.6 Å². The van der Waals surface area contributed by atoms with Crippen LogP contribution in [0.4, 0.5) is 0 Å². The van der Waals surface area contributed by atoms with Crippen molar-refractivity contribution in [3.05, 3.63) is 28.8 Å². The predicted octanol–water partition coefficient (Wildman–Crippen LogP) is 3.94. The minimum absolute atomic E-state index is 0.231. The maximum Gasteiger partial charge on any atom is 0.314 e. The van der Waals surface area contributed by atoms with E-state index >= 15 is 0 Å². The lowest BCUT2D eigenvalue weighted by molar-refractivity contribution is -0.149. The zero-order valence-electron chi connectivity index (χ0n) is 15.7. The van der Waals surface area contributed by atoms with Crippen molar-refractivity contribution >= 4 is 5.97 Å². The lowest BCUT2D eigenvalue weighted by atomic mass is 9.77. The molecule has 4 heteroatoms. The van der Waals surface area contributed by atoms with Gasteiger partial charge in [-0.3, -0.25) is 10.5 Å². The molecule has 0 aliphatic heterocycles. The van der Waals surface area contributed by atoms with E-state index in [0.29, 0.717) is 5.75 Å². The fraction of sp³-hybridized carbons (Fsp3) is 0.632. The summed E-state index contributed by atoms with van der Waals surface area (Å²) < 4.78 is 5.12. The lowest BCUT2D eigenvalue weighted by Gasteiger charge is -2.29. The number of benzene rings is 1. The molecule has 23 heavy (non-hydrogen) atoms. The van der Waals surface area contributed by atoms with Crippen LogP contribution in [0.1, 0.15) is 78.0 Å². The fourth-order valence-electron chi connectivity index (χ4n) is 2.47. The third-order valence-electron chi connectivity index (χ3n) is 3.90. The Morgan fingerprint density at radius 3 is 1.74 bits per heavy atom. The van der Waals surface area contributed by atoms with Crippen LogP contribution in [0.3, 0.4) is 0 Å². The van der Waals surface area contributed by atoms with E-state index in [1.807, 2.05) is 53.7 Å².